The van der Waals surface area contributed by atoms with Gasteiger partial charge in [-0.15, -0.1) is 0 Å². The van der Waals surface area contributed by atoms with E-state index in [1.54, 1.807) is 19.4 Å². The Hall–Kier alpha value is -1.60. The highest BCUT2D eigenvalue weighted by Gasteiger charge is 2.34. The molecule has 1 fully saturated rings. The summed E-state index contributed by atoms with van der Waals surface area (Å²) in [6, 6.07) is 3.60. The number of carbonyl (C=O) groups excluding carboxylic acids is 2. The Balaban J connectivity index is 1.54. The maximum atomic E-state index is 12.4. The number of anilines is 1. The molecule has 136 valence electrons. The first kappa shape index (κ1) is 18.2. The van der Waals surface area contributed by atoms with Crippen molar-refractivity contribution in [2.45, 2.75) is 48.8 Å². The van der Waals surface area contributed by atoms with Gasteiger partial charge in [0.2, 0.25) is 11.8 Å². The molecule has 0 bridgehead atoms. The van der Waals surface area contributed by atoms with Crippen molar-refractivity contribution < 1.29 is 14.3 Å². The molecule has 1 aliphatic heterocycles. The van der Waals surface area contributed by atoms with Crippen LogP contribution in [0.4, 0.5) is 5.69 Å². The number of rotatable bonds is 6. The van der Waals surface area contributed by atoms with Gasteiger partial charge in [-0.25, -0.2) is 4.98 Å². The number of fused-ring (bicyclic) bond motifs is 1. The molecular formula is C18H25N3O3S. The topological polar surface area (TPSA) is 80.3 Å². The van der Waals surface area contributed by atoms with E-state index < -0.39 is 5.25 Å². The molecule has 2 heterocycles. The summed E-state index contributed by atoms with van der Waals surface area (Å²) in [7, 11) is 1.71. The minimum atomic E-state index is -0.438. The summed E-state index contributed by atoms with van der Waals surface area (Å²) in [5.74, 6) is -0.224. The first-order valence-corrected chi connectivity index (χ1v) is 9.68. The highest BCUT2D eigenvalue weighted by Crippen LogP contribution is 2.37. The van der Waals surface area contributed by atoms with E-state index in [1.807, 2.05) is 6.07 Å². The number of aromatic nitrogens is 1. The number of amides is 2. The van der Waals surface area contributed by atoms with E-state index in [0.717, 1.165) is 23.6 Å². The Labute approximate surface area is 152 Å². The van der Waals surface area contributed by atoms with Crippen LogP contribution in [0.3, 0.4) is 0 Å². The molecule has 2 amide bonds. The van der Waals surface area contributed by atoms with E-state index in [1.165, 1.54) is 31.0 Å². The molecular weight excluding hydrogens is 338 g/mol. The molecule has 1 aromatic heterocycles. The largest absolute Gasteiger partial charge is 0.384 e. The van der Waals surface area contributed by atoms with Crippen molar-refractivity contribution in [1.29, 1.82) is 0 Å². The van der Waals surface area contributed by atoms with Gasteiger partial charge >= 0.3 is 0 Å². The summed E-state index contributed by atoms with van der Waals surface area (Å²) < 4.78 is 5.40. The van der Waals surface area contributed by atoms with Gasteiger partial charge in [-0.3, -0.25) is 9.59 Å². The summed E-state index contributed by atoms with van der Waals surface area (Å²) in [6.45, 7) is 1.29. The Morgan fingerprint density at radius 1 is 1.44 bits per heavy atom. The van der Waals surface area contributed by atoms with Crippen molar-refractivity contribution in [1.82, 2.24) is 10.3 Å². The van der Waals surface area contributed by atoms with Crippen molar-refractivity contribution in [3.05, 3.63) is 18.3 Å². The summed E-state index contributed by atoms with van der Waals surface area (Å²) >= 11 is 1.36. The number of carbonyl (C=O) groups is 2. The van der Waals surface area contributed by atoms with Gasteiger partial charge in [0.1, 0.15) is 5.03 Å². The first-order valence-electron chi connectivity index (χ1n) is 8.80. The maximum Gasteiger partial charge on any atom is 0.238 e. The van der Waals surface area contributed by atoms with Crippen LogP contribution in [0.25, 0.3) is 0 Å². The molecule has 1 aliphatic carbocycles. The van der Waals surface area contributed by atoms with Crippen molar-refractivity contribution in [2.24, 2.45) is 5.41 Å². The van der Waals surface area contributed by atoms with Crippen molar-refractivity contribution in [3.63, 3.8) is 0 Å². The molecule has 3 rings (SSSR count). The SMILES string of the molecule is COCC1(CNC(=O)CC2Sc3ncccc3NC2=O)CCCCC1. The van der Waals surface area contributed by atoms with E-state index >= 15 is 0 Å². The molecule has 7 heteroatoms. The molecule has 1 saturated carbocycles. The monoisotopic (exact) mass is 363 g/mol. The second-order valence-corrected chi connectivity index (χ2v) is 8.12. The fraction of sp³-hybridized carbons (Fsp3) is 0.611. The summed E-state index contributed by atoms with van der Waals surface area (Å²) in [6.07, 6.45) is 7.64. The number of hydrogen-bond acceptors (Lipinski definition) is 5. The summed E-state index contributed by atoms with van der Waals surface area (Å²) in [4.78, 5) is 28.9. The molecule has 6 nitrogen and oxygen atoms in total. The van der Waals surface area contributed by atoms with E-state index in [0.29, 0.717) is 13.2 Å². The number of hydrogen-bond donors (Lipinski definition) is 2. The second kappa shape index (κ2) is 8.19. The number of methoxy groups -OCH3 is 1. The zero-order valence-electron chi connectivity index (χ0n) is 14.5. The molecule has 0 spiro atoms. The minimum absolute atomic E-state index is 0.0405. The van der Waals surface area contributed by atoms with Crippen molar-refractivity contribution in [2.75, 3.05) is 25.6 Å². The molecule has 2 N–H and O–H groups in total. The maximum absolute atomic E-state index is 12.4. The standard InChI is InChI=1S/C18H25N3O3S/c1-24-12-18(7-3-2-4-8-18)11-20-15(22)10-14-16(23)21-13-6-5-9-19-17(13)25-14/h5-6,9,14H,2-4,7-8,10-12H2,1H3,(H,20,22)(H,21,23). The van der Waals surface area contributed by atoms with Crippen LogP contribution in [0.1, 0.15) is 38.5 Å². The third-order valence-electron chi connectivity index (χ3n) is 4.97. The van der Waals surface area contributed by atoms with Gasteiger partial charge in [-0.05, 0) is 25.0 Å². The normalized spacial score (nSPS) is 22.0. The van der Waals surface area contributed by atoms with E-state index in [4.69, 9.17) is 4.74 Å². The van der Waals surface area contributed by atoms with Gasteiger partial charge in [0.15, 0.2) is 0 Å². The van der Waals surface area contributed by atoms with Gasteiger partial charge in [0.25, 0.3) is 0 Å². The molecule has 2 aliphatic rings. The van der Waals surface area contributed by atoms with E-state index in [-0.39, 0.29) is 23.7 Å². The van der Waals surface area contributed by atoms with Crippen molar-refractivity contribution >= 4 is 29.3 Å². The fourth-order valence-electron chi connectivity index (χ4n) is 3.62. The Morgan fingerprint density at radius 2 is 2.24 bits per heavy atom. The lowest BCUT2D eigenvalue weighted by atomic mass is 9.74. The molecule has 0 radical (unpaired) electrons. The zero-order chi connectivity index (χ0) is 17.7. The third kappa shape index (κ3) is 4.52. The zero-order valence-corrected chi connectivity index (χ0v) is 15.4. The smallest absolute Gasteiger partial charge is 0.238 e. The van der Waals surface area contributed by atoms with Gasteiger partial charge < -0.3 is 15.4 Å². The van der Waals surface area contributed by atoms with Gasteiger partial charge in [-0.1, -0.05) is 31.0 Å². The van der Waals surface area contributed by atoms with Crippen LogP contribution in [-0.4, -0.2) is 42.3 Å². The highest BCUT2D eigenvalue weighted by atomic mass is 32.2. The van der Waals surface area contributed by atoms with Crippen LogP contribution < -0.4 is 10.6 Å². The number of thioether (sulfide) groups is 1. The Kier molecular flexibility index (Phi) is 5.96. The summed E-state index contributed by atoms with van der Waals surface area (Å²) in [5, 5.41) is 6.19. The van der Waals surface area contributed by atoms with Crippen molar-refractivity contribution in [3.8, 4) is 0 Å². The Morgan fingerprint density at radius 3 is 3.00 bits per heavy atom. The van der Waals surface area contributed by atoms with Gasteiger partial charge in [-0.2, -0.15) is 0 Å². The predicted molar refractivity (Wildman–Crippen MR) is 97.5 cm³/mol. The number of ether oxygens (including phenoxy) is 1. The average Bonchev–Trinajstić information content (AvgIpc) is 2.62. The van der Waals surface area contributed by atoms with Crippen LogP contribution in [0.5, 0.6) is 0 Å². The molecule has 25 heavy (non-hydrogen) atoms. The van der Waals surface area contributed by atoms with E-state index in [9.17, 15) is 9.59 Å². The predicted octanol–water partition coefficient (Wildman–Crippen LogP) is 2.60. The van der Waals surface area contributed by atoms with Gasteiger partial charge in [0, 0.05) is 31.7 Å². The lowest BCUT2D eigenvalue weighted by Crippen LogP contribution is -2.43. The number of nitrogens with one attached hydrogen (secondary N) is 2. The number of nitrogens with zero attached hydrogens (tertiary/aromatic N) is 1. The lowest BCUT2D eigenvalue weighted by Gasteiger charge is -2.37. The molecule has 1 unspecified atom stereocenters. The lowest BCUT2D eigenvalue weighted by molar-refractivity contribution is -0.124. The minimum Gasteiger partial charge on any atom is -0.384 e. The van der Waals surface area contributed by atoms with Crippen LogP contribution in [0.2, 0.25) is 0 Å². The molecule has 1 atom stereocenters. The molecule has 0 aromatic carbocycles. The third-order valence-corrected chi connectivity index (χ3v) is 6.19. The Bertz CT molecular complexity index is 626. The fourth-order valence-corrected chi connectivity index (χ4v) is 4.66. The molecule has 1 aromatic rings. The van der Waals surface area contributed by atoms with Crippen LogP contribution in [0, 0.1) is 5.41 Å². The van der Waals surface area contributed by atoms with E-state index in [2.05, 4.69) is 15.6 Å². The second-order valence-electron chi connectivity index (χ2n) is 6.93. The first-order chi connectivity index (χ1) is 12.1. The van der Waals surface area contributed by atoms with Crippen LogP contribution in [0.15, 0.2) is 23.4 Å². The van der Waals surface area contributed by atoms with Crippen LogP contribution in [-0.2, 0) is 14.3 Å². The number of pyridine rings is 1. The average molecular weight is 363 g/mol. The van der Waals surface area contributed by atoms with Crippen LogP contribution >= 0.6 is 11.8 Å². The quantitative estimate of drug-likeness (QED) is 0.812. The summed E-state index contributed by atoms with van der Waals surface area (Å²) in [5.41, 5.74) is 0.758. The highest BCUT2D eigenvalue weighted by molar-refractivity contribution is 8.00. The molecule has 0 saturated heterocycles. The van der Waals surface area contributed by atoms with Gasteiger partial charge in [0.05, 0.1) is 17.5 Å².